The van der Waals surface area contributed by atoms with Crippen molar-refractivity contribution < 1.29 is 14.3 Å². The second-order valence-corrected chi connectivity index (χ2v) is 9.54. The van der Waals surface area contributed by atoms with Crippen LogP contribution >= 0.6 is 23.1 Å². The van der Waals surface area contributed by atoms with Gasteiger partial charge in [0.15, 0.2) is 5.13 Å². The van der Waals surface area contributed by atoms with Crippen LogP contribution in [0, 0.1) is 13.8 Å². The summed E-state index contributed by atoms with van der Waals surface area (Å²) in [5.74, 6) is -0.203. The first-order chi connectivity index (χ1) is 15.9. The molecule has 4 aromatic rings. The fourth-order valence-corrected chi connectivity index (χ4v) is 5.05. The number of ether oxygens (including phenoxy) is 1. The van der Waals surface area contributed by atoms with Crippen molar-refractivity contribution in [2.24, 2.45) is 0 Å². The van der Waals surface area contributed by atoms with Gasteiger partial charge >= 0.3 is 5.97 Å². The van der Waals surface area contributed by atoms with Crippen LogP contribution in [0.4, 0.5) is 10.8 Å². The maximum absolute atomic E-state index is 12.4. The molecule has 0 bridgehead atoms. The van der Waals surface area contributed by atoms with E-state index in [0.29, 0.717) is 10.8 Å². The van der Waals surface area contributed by atoms with E-state index in [-0.39, 0.29) is 24.2 Å². The third-order valence-corrected chi connectivity index (χ3v) is 7.16. The normalized spacial score (nSPS) is 10.9. The standard InChI is InChI=1S/C26H24N2O3S2/c1-17-7-6-10-24(18(17)2)28(19(3)29)26-27-22(15-33-26)14-31-25(30)16-32-23-12-11-20-8-4-5-9-21(20)13-23/h4-13,15H,14,16H2,1-3H3. The van der Waals surface area contributed by atoms with E-state index in [1.807, 2.05) is 55.6 Å². The van der Waals surface area contributed by atoms with Gasteiger partial charge in [0.25, 0.3) is 0 Å². The largest absolute Gasteiger partial charge is 0.459 e. The molecule has 1 aromatic heterocycles. The number of thioether (sulfide) groups is 1. The highest BCUT2D eigenvalue weighted by molar-refractivity contribution is 8.00. The van der Waals surface area contributed by atoms with E-state index in [4.69, 9.17) is 4.74 Å². The van der Waals surface area contributed by atoms with Gasteiger partial charge in [-0.3, -0.25) is 14.5 Å². The molecule has 0 N–H and O–H groups in total. The number of nitrogens with zero attached hydrogens (tertiary/aromatic N) is 2. The number of aryl methyl sites for hydroxylation is 1. The highest BCUT2D eigenvalue weighted by Gasteiger charge is 2.20. The van der Waals surface area contributed by atoms with Crippen LogP contribution in [0.2, 0.25) is 0 Å². The summed E-state index contributed by atoms with van der Waals surface area (Å²) in [4.78, 5) is 31.8. The van der Waals surface area contributed by atoms with Crippen molar-refractivity contribution in [1.29, 1.82) is 0 Å². The summed E-state index contributed by atoms with van der Waals surface area (Å²) in [6.45, 7) is 5.60. The molecule has 0 aliphatic rings. The topological polar surface area (TPSA) is 59.5 Å². The zero-order valence-electron chi connectivity index (χ0n) is 18.7. The fraction of sp³-hybridized carbons (Fsp3) is 0.192. The lowest BCUT2D eigenvalue weighted by Gasteiger charge is -2.21. The lowest BCUT2D eigenvalue weighted by atomic mass is 10.1. The first kappa shape index (κ1) is 23.0. The Labute approximate surface area is 201 Å². The number of fused-ring (bicyclic) bond motifs is 1. The summed E-state index contributed by atoms with van der Waals surface area (Å²) in [5.41, 5.74) is 3.57. The van der Waals surface area contributed by atoms with Crippen molar-refractivity contribution in [1.82, 2.24) is 4.98 Å². The van der Waals surface area contributed by atoms with Crippen molar-refractivity contribution in [3.63, 3.8) is 0 Å². The lowest BCUT2D eigenvalue weighted by molar-refractivity contribution is -0.141. The molecule has 5 nitrogen and oxygen atoms in total. The van der Waals surface area contributed by atoms with Gasteiger partial charge in [-0.2, -0.15) is 0 Å². The van der Waals surface area contributed by atoms with Crippen LogP contribution in [0.1, 0.15) is 23.7 Å². The maximum atomic E-state index is 12.4. The molecule has 0 aliphatic heterocycles. The number of hydrogen-bond donors (Lipinski definition) is 0. The van der Waals surface area contributed by atoms with E-state index < -0.39 is 0 Å². The fourth-order valence-electron chi connectivity index (χ4n) is 3.45. The average Bonchev–Trinajstić information content (AvgIpc) is 3.27. The predicted molar refractivity (Wildman–Crippen MR) is 135 cm³/mol. The van der Waals surface area contributed by atoms with Gasteiger partial charge in [-0.15, -0.1) is 23.1 Å². The van der Waals surface area contributed by atoms with E-state index in [1.54, 1.807) is 4.90 Å². The Morgan fingerprint density at radius 1 is 1.03 bits per heavy atom. The molecule has 168 valence electrons. The molecule has 7 heteroatoms. The number of thiazole rings is 1. The Morgan fingerprint density at radius 2 is 1.82 bits per heavy atom. The predicted octanol–water partition coefficient (Wildman–Crippen LogP) is 6.43. The molecule has 0 unspecified atom stereocenters. The Bertz CT molecular complexity index is 1320. The lowest BCUT2D eigenvalue weighted by Crippen LogP contribution is -2.23. The zero-order valence-corrected chi connectivity index (χ0v) is 20.3. The molecule has 0 saturated heterocycles. The van der Waals surface area contributed by atoms with Gasteiger partial charge in [-0.25, -0.2) is 4.98 Å². The summed E-state index contributed by atoms with van der Waals surface area (Å²) >= 11 is 2.80. The van der Waals surface area contributed by atoms with Crippen molar-refractivity contribution >= 4 is 56.6 Å². The Kier molecular flexibility index (Phi) is 7.11. The minimum absolute atomic E-state index is 0.0756. The van der Waals surface area contributed by atoms with Crippen LogP contribution < -0.4 is 4.90 Å². The van der Waals surface area contributed by atoms with Crippen LogP contribution in [-0.4, -0.2) is 22.6 Å². The highest BCUT2D eigenvalue weighted by Crippen LogP contribution is 2.32. The smallest absolute Gasteiger partial charge is 0.316 e. The average molecular weight is 477 g/mol. The van der Waals surface area contributed by atoms with Crippen LogP contribution in [0.5, 0.6) is 0 Å². The van der Waals surface area contributed by atoms with Gasteiger partial charge in [-0.05, 0) is 53.9 Å². The quantitative estimate of drug-likeness (QED) is 0.227. The number of benzene rings is 3. The first-order valence-corrected chi connectivity index (χ1v) is 12.4. The molecule has 1 amide bonds. The number of carbonyl (C=O) groups excluding carboxylic acids is 2. The Hall–Kier alpha value is -3.16. The zero-order chi connectivity index (χ0) is 23.4. The van der Waals surface area contributed by atoms with E-state index in [1.165, 1.54) is 35.4 Å². The molecule has 33 heavy (non-hydrogen) atoms. The summed E-state index contributed by atoms with van der Waals surface area (Å²) < 4.78 is 5.42. The van der Waals surface area contributed by atoms with Gasteiger partial charge in [0.1, 0.15) is 6.61 Å². The molecule has 0 radical (unpaired) electrons. The molecule has 0 aliphatic carbocycles. The molecule has 4 rings (SSSR count). The molecule has 1 heterocycles. The van der Waals surface area contributed by atoms with E-state index in [0.717, 1.165) is 27.1 Å². The van der Waals surface area contributed by atoms with E-state index >= 15 is 0 Å². The molecule has 3 aromatic carbocycles. The van der Waals surface area contributed by atoms with Gasteiger partial charge in [-0.1, -0.05) is 42.5 Å². The Balaban J connectivity index is 1.37. The maximum Gasteiger partial charge on any atom is 0.316 e. The highest BCUT2D eigenvalue weighted by atomic mass is 32.2. The minimum atomic E-state index is -0.305. The van der Waals surface area contributed by atoms with Crippen molar-refractivity contribution in [3.05, 3.63) is 82.9 Å². The number of amides is 1. The summed E-state index contributed by atoms with van der Waals surface area (Å²) in [7, 11) is 0. The third-order valence-electron chi connectivity index (χ3n) is 5.32. The SMILES string of the molecule is CC(=O)N(c1nc(COC(=O)CSc2ccc3ccccc3c2)cs1)c1cccc(C)c1C. The summed E-state index contributed by atoms with van der Waals surface area (Å²) in [6.07, 6.45) is 0. The number of carbonyl (C=O) groups is 2. The van der Waals surface area contributed by atoms with Crippen LogP contribution in [0.25, 0.3) is 10.8 Å². The first-order valence-electron chi connectivity index (χ1n) is 10.5. The molecule has 0 saturated carbocycles. The van der Waals surface area contributed by atoms with Crippen LogP contribution in [-0.2, 0) is 20.9 Å². The van der Waals surface area contributed by atoms with E-state index in [2.05, 4.69) is 29.2 Å². The van der Waals surface area contributed by atoms with Crippen LogP contribution in [0.3, 0.4) is 0 Å². The van der Waals surface area contributed by atoms with Crippen molar-refractivity contribution in [2.75, 3.05) is 10.7 Å². The monoisotopic (exact) mass is 476 g/mol. The number of anilines is 2. The van der Waals surface area contributed by atoms with Gasteiger partial charge in [0.2, 0.25) is 5.91 Å². The molecule has 0 spiro atoms. The minimum Gasteiger partial charge on any atom is -0.459 e. The number of hydrogen-bond acceptors (Lipinski definition) is 6. The second-order valence-electron chi connectivity index (χ2n) is 7.65. The summed E-state index contributed by atoms with van der Waals surface area (Å²) in [5, 5.41) is 4.70. The Morgan fingerprint density at radius 3 is 2.61 bits per heavy atom. The van der Waals surface area contributed by atoms with Gasteiger partial charge < -0.3 is 4.74 Å². The third kappa shape index (κ3) is 5.43. The van der Waals surface area contributed by atoms with Crippen LogP contribution in [0.15, 0.2) is 70.9 Å². The van der Waals surface area contributed by atoms with Gasteiger partial charge in [0, 0.05) is 17.2 Å². The number of aromatic nitrogens is 1. The van der Waals surface area contributed by atoms with Crippen molar-refractivity contribution in [2.45, 2.75) is 32.3 Å². The van der Waals surface area contributed by atoms with E-state index in [9.17, 15) is 9.59 Å². The number of rotatable bonds is 7. The molecule has 0 atom stereocenters. The van der Waals surface area contributed by atoms with Crippen molar-refractivity contribution in [3.8, 4) is 0 Å². The number of esters is 1. The van der Waals surface area contributed by atoms with Gasteiger partial charge in [0.05, 0.1) is 17.1 Å². The summed E-state index contributed by atoms with van der Waals surface area (Å²) in [6, 6.07) is 20.1. The molecular weight excluding hydrogens is 452 g/mol. The molecule has 0 fully saturated rings. The second kappa shape index (κ2) is 10.2. The molecular formula is C26H24N2O3S2.